The smallest absolute Gasteiger partial charge is 0.319 e. The van der Waals surface area contributed by atoms with Crippen LogP contribution in [0.3, 0.4) is 0 Å². The Balaban J connectivity index is 1.71. The summed E-state index contributed by atoms with van der Waals surface area (Å²) in [5.74, 6) is 0.144. The molecule has 0 radical (unpaired) electrons. The van der Waals surface area contributed by atoms with E-state index in [2.05, 4.69) is 14.9 Å². The molecule has 0 unspecified atom stereocenters. The van der Waals surface area contributed by atoms with Gasteiger partial charge in [0.25, 0.3) is 0 Å². The van der Waals surface area contributed by atoms with Crippen molar-refractivity contribution in [2.45, 2.75) is 38.8 Å². The van der Waals surface area contributed by atoms with Gasteiger partial charge in [-0.15, -0.1) is 0 Å². The van der Waals surface area contributed by atoms with Crippen molar-refractivity contribution in [3.63, 3.8) is 0 Å². The third kappa shape index (κ3) is 4.73. The maximum atomic E-state index is 13.4. The lowest BCUT2D eigenvalue weighted by atomic mass is 9.85. The summed E-state index contributed by atoms with van der Waals surface area (Å²) in [4.78, 5) is 10.7. The van der Waals surface area contributed by atoms with Crippen LogP contribution >= 0.6 is 0 Å². The van der Waals surface area contributed by atoms with E-state index in [1.54, 1.807) is 18.3 Å². The lowest BCUT2D eigenvalue weighted by Gasteiger charge is -2.38. The summed E-state index contributed by atoms with van der Waals surface area (Å²) in [6, 6.07) is 6.87. The zero-order valence-electron chi connectivity index (χ0n) is 15.8. The molecule has 146 valence electrons. The minimum atomic E-state index is -1.05. The molecule has 3 rings (SSSR count). The van der Waals surface area contributed by atoms with E-state index >= 15 is 0 Å². The van der Waals surface area contributed by atoms with E-state index in [9.17, 15) is 9.50 Å². The van der Waals surface area contributed by atoms with Gasteiger partial charge in [-0.1, -0.05) is 12.1 Å². The summed E-state index contributed by atoms with van der Waals surface area (Å²) in [5.41, 5.74) is 0.478. The zero-order chi connectivity index (χ0) is 19.3. The minimum Gasteiger partial charge on any atom is -0.478 e. The maximum Gasteiger partial charge on any atom is 0.319 e. The Morgan fingerprint density at radius 3 is 2.59 bits per heavy atom. The molecular weight excluding hydrogens is 349 g/mol. The summed E-state index contributed by atoms with van der Waals surface area (Å²) < 4.78 is 24.3. The van der Waals surface area contributed by atoms with Crippen LogP contribution in [-0.2, 0) is 12.1 Å². The molecule has 0 saturated carbocycles. The highest BCUT2D eigenvalue weighted by atomic mass is 19.1. The number of aliphatic hydroxyl groups is 1. The number of hydrogen-bond donors (Lipinski definition) is 1. The van der Waals surface area contributed by atoms with Gasteiger partial charge in [-0.3, -0.25) is 4.90 Å². The molecule has 7 heteroatoms. The van der Waals surface area contributed by atoms with Gasteiger partial charge in [-0.25, -0.2) is 9.37 Å². The molecule has 1 N–H and O–H groups in total. The van der Waals surface area contributed by atoms with Crippen LogP contribution in [0.25, 0.3) is 0 Å². The van der Waals surface area contributed by atoms with Crippen molar-refractivity contribution in [2.75, 3.05) is 26.3 Å². The fourth-order valence-electron chi connectivity index (χ4n) is 3.36. The molecule has 27 heavy (non-hydrogen) atoms. The third-order valence-electron chi connectivity index (χ3n) is 4.77. The summed E-state index contributed by atoms with van der Waals surface area (Å²) in [5, 5.41) is 11.2. The van der Waals surface area contributed by atoms with E-state index in [1.165, 1.54) is 6.07 Å². The van der Waals surface area contributed by atoms with Gasteiger partial charge in [0.2, 0.25) is 5.88 Å². The zero-order valence-corrected chi connectivity index (χ0v) is 15.8. The highest BCUT2D eigenvalue weighted by Gasteiger charge is 2.37. The Kier molecular flexibility index (Phi) is 6.23. The Morgan fingerprint density at radius 1 is 1.19 bits per heavy atom. The molecule has 0 spiro atoms. The molecule has 0 aliphatic carbocycles. The molecular formula is C20H26FN3O3. The number of halogens is 1. The number of rotatable bonds is 7. The molecule has 1 aromatic heterocycles. The van der Waals surface area contributed by atoms with E-state index in [0.717, 1.165) is 5.56 Å². The van der Waals surface area contributed by atoms with Gasteiger partial charge in [0, 0.05) is 25.8 Å². The first kappa shape index (κ1) is 19.5. The normalized spacial score (nSPS) is 16.9. The van der Waals surface area contributed by atoms with Crippen LogP contribution in [0.2, 0.25) is 0 Å². The second-order valence-corrected chi connectivity index (χ2v) is 6.68. The fourth-order valence-corrected chi connectivity index (χ4v) is 3.36. The van der Waals surface area contributed by atoms with E-state index in [0.29, 0.717) is 57.1 Å². The molecule has 0 amide bonds. The van der Waals surface area contributed by atoms with E-state index in [-0.39, 0.29) is 11.8 Å². The van der Waals surface area contributed by atoms with Crippen LogP contribution in [0.5, 0.6) is 11.9 Å². The number of piperidine rings is 1. The Labute approximate surface area is 159 Å². The first-order valence-corrected chi connectivity index (χ1v) is 9.36. The molecule has 2 heterocycles. The lowest BCUT2D eigenvalue weighted by Crippen LogP contribution is -2.42. The van der Waals surface area contributed by atoms with Crippen molar-refractivity contribution in [3.05, 3.63) is 47.4 Å². The Morgan fingerprint density at radius 2 is 1.93 bits per heavy atom. The van der Waals surface area contributed by atoms with Gasteiger partial charge >= 0.3 is 6.01 Å². The van der Waals surface area contributed by atoms with Crippen LogP contribution in [0.1, 0.15) is 37.8 Å². The van der Waals surface area contributed by atoms with Crippen LogP contribution in [0, 0.1) is 5.82 Å². The number of ether oxygens (including phenoxy) is 2. The first-order chi connectivity index (χ1) is 13.0. The van der Waals surface area contributed by atoms with Gasteiger partial charge in [-0.2, -0.15) is 4.98 Å². The largest absolute Gasteiger partial charge is 0.478 e. The minimum absolute atomic E-state index is 0.228. The van der Waals surface area contributed by atoms with Crippen LogP contribution < -0.4 is 9.47 Å². The SMILES string of the molecule is CCOc1ncc(C2(O)CCN(Cc3cccc(F)c3)CC2)c(OCC)n1. The molecule has 0 atom stereocenters. The van der Waals surface area contributed by atoms with Crippen LogP contribution in [-0.4, -0.2) is 46.3 Å². The predicted octanol–water partition coefficient (Wildman–Crippen LogP) is 2.90. The van der Waals surface area contributed by atoms with Crippen LogP contribution in [0.4, 0.5) is 4.39 Å². The average molecular weight is 375 g/mol. The number of benzene rings is 1. The van der Waals surface area contributed by atoms with Gasteiger partial charge in [0.05, 0.1) is 24.4 Å². The molecule has 2 aromatic rings. The second kappa shape index (κ2) is 8.63. The van der Waals surface area contributed by atoms with Gasteiger partial charge in [0.15, 0.2) is 0 Å². The summed E-state index contributed by atoms with van der Waals surface area (Å²) >= 11 is 0. The summed E-state index contributed by atoms with van der Waals surface area (Å²) in [7, 11) is 0. The van der Waals surface area contributed by atoms with Crippen molar-refractivity contribution >= 4 is 0 Å². The predicted molar refractivity (Wildman–Crippen MR) is 99.2 cm³/mol. The van der Waals surface area contributed by atoms with Crippen molar-refractivity contribution in [1.29, 1.82) is 0 Å². The van der Waals surface area contributed by atoms with Crippen LogP contribution in [0.15, 0.2) is 30.5 Å². The first-order valence-electron chi connectivity index (χ1n) is 9.36. The maximum absolute atomic E-state index is 13.4. The number of likely N-dealkylation sites (tertiary alicyclic amines) is 1. The molecule has 1 saturated heterocycles. The van der Waals surface area contributed by atoms with Crippen molar-refractivity contribution < 1.29 is 19.0 Å². The van der Waals surface area contributed by atoms with E-state index < -0.39 is 5.60 Å². The molecule has 1 aromatic carbocycles. The third-order valence-corrected chi connectivity index (χ3v) is 4.77. The van der Waals surface area contributed by atoms with Gasteiger partial charge in [0.1, 0.15) is 5.82 Å². The standard InChI is InChI=1S/C20H26FN3O3/c1-3-26-18-17(13-22-19(23-18)27-4-2)20(25)8-10-24(11-9-20)14-15-6-5-7-16(21)12-15/h5-7,12-13,25H,3-4,8-11,14H2,1-2H3. The molecule has 1 aliphatic heterocycles. The fraction of sp³-hybridized carbons (Fsp3) is 0.500. The second-order valence-electron chi connectivity index (χ2n) is 6.68. The topological polar surface area (TPSA) is 67.7 Å². The molecule has 6 nitrogen and oxygen atoms in total. The summed E-state index contributed by atoms with van der Waals surface area (Å²) in [6.45, 7) is 6.67. The number of hydrogen-bond acceptors (Lipinski definition) is 6. The summed E-state index contributed by atoms with van der Waals surface area (Å²) in [6.07, 6.45) is 2.66. The monoisotopic (exact) mass is 375 g/mol. The molecule has 0 bridgehead atoms. The lowest BCUT2D eigenvalue weighted by molar-refractivity contribution is -0.0303. The quantitative estimate of drug-likeness (QED) is 0.803. The number of nitrogens with zero attached hydrogens (tertiary/aromatic N) is 3. The van der Waals surface area contributed by atoms with Crippen molar-refractivity contribution in [3.8, 4) is 11.9 Å². The van der Waals surface area contributed by atoms with E-state index in [1.807, 2.05) is 19.9 Å². The molecule has 1 fully saturated rings. The Hall–Kier alpha value is -2.25. The van der Waals surface area contributed by atoms with Crippen molar-refractivity contribution in [1.82, 2.24) is 14.9 Å². The average Bonchev–Trinajstić information content (AvgIpc) is 2.65. The van der Waals surface area contributed by atoms with E-state index in [4.69, 9.17) is 9.47 Å². The molecule has 1 aliphatic rings. The highest BCUT2D eigenvalue weighted by Crippen LogP contribution is 2.37. The van der Waals surface area contributed by atoms with Gasteiger partial charge < -0.3 is 14.6 Å². The van der Waals surface area contributed by atoms with Gasteiger partial charge in [-0.05, 0) is 44.4 Å². The Bertz CT molecular complexity index is 764. The van der Waals surface area contributed by atoms with Crippen molar-refractivity contribution in [2.24, 2.45) is 0 Å². The highest BCUT2D eigenvalue weighted by molar-refractivity contribution is 5.32. The number of aromatic nitrogens is 2.